The average Bonchev–Trinajstić information content (AvgIpc) is 2.92. The molecular weight excluding hydrogens is 320 g/mol. The van der Waals surface area contributed by atoms with Crippen LogP contribution < -0.4 is 0 Å². The molecule has 0 unspecified atom stereocenters. The Morgan fingerprint density at radius 3 is 2.57 bits per heavy atom. The van der Waals surface area contributed by atoms with E-state index in [4.69, 9.17) is 4.74 Å². The molecule has 0 spiro atoms. The van der Waals surface area contributed by atoms with E-state index in [1.807, 2.05) is 6.92 Å². The highest BCUT2D eigenvalue weighted by Gasteiger charge is 2.12. The van der Waals surface area contributed by atoms with Crippen LogP contribution in [0.2, 0.25) is 0 Å². The molecule has 0 atom stereocenters. The van der Waals surface area contributed by atoms with Crippen LogP contribution in [-0.2, 0) is 33.5 Å². The highest BCUT2D eigenvalue weighted by Crippen LogP contribution is 2.10. The molecule has 0 aliphatic carbocycles. The Balaban J connectivity index is 1.96. The summed E-state index contributed by atoms with van der Waals surface area (Å²) < 4.78 is 29.2. The lowest BCUT2D eigenvalue weighted by atomic mass is 10.1. The van der Waals surface area contributed by atoms with Crippen LogP contribution in [0.15, 0.2) is 24.3 Å². The Hall–Kier alpha value is -2.29. The van der Waals surface area contributed by atoms with Crippen molar-refractivity contribution < 1.29 is 17.9 Å². The summed E-state index contributed by atoms with van der Waals surface area (Å²) in [5.74, 6) is -0.0930. The molecule has 0 radical (unpaired) electrons. The Morgan fingerprint density at radius 1 is 1.26 bits per heavy atom. The zero-order chi connectivity index (χ0) is 16.9. The summed E-state index contributed by atoms with van der Waals surface area (Å²) in [6.45, 7) is 2.63. The molecule has 0 saturated heterocycles. The van der Waals surface area contributed by atoms with Crippen molar-refractivity contribution in [2.24, 2.45) is 0 Å². The molecule has 0 saturated carbocycles. The van der Waals surface area contributed by atoms with E-state index >= 15 is 0 Å². The van der Waals surface area contributed by atoms with Gasteiger partial charge in [-0.15, -0.1) is 5.10 Å². The van der Waals surface area contributed by atoms with E-state index in [-0.39, 0.29) is 12.4 Å². The molecule has 0 aliphatic heterocycles. The fourth-order valence-electron chi connectivity index (χ4n) is 1.97. The molecule has 0 N–H and O–H groups in total. The molecule has 0 fully saturated rings. The lowest BCUT2D eigenvalue weighted by molar-refractivity contribution is 0.0456. The summed E-state index contributed by atoms with van der Waals surface area (Å²) in [5, 5.41) is 11.2. The van der Waals surface area contributed by atoms with Gasteiger partial charge in [-0.25, -0.2) is 17.9 Å². The van der Waals surface area contributed by atoms with Gasteiger partial charge in [0, 0.05) is 12.8 Å². The Morgan fingerprint density at radius 2 is 1.96 bits per heavy atom. The lowest BCUT2D eigenvalue weighted by Gasteiger charge is -2.06. The molecule has 0 aliphatic rings. The van der Waals surface area contributed by atoms with Crippen LogP contribution in [-0.4, -0.2) is 40.9 Å². The first-order valence-corrected chi connectivity index (χ1v) is 9.14. The number of hydrogen-bond donors (Lipinski definition) is 0. The second-order valence-electron chi connectivity index (χ2n) is 5.16. The number of rotatable bonds is 7. The maximum absolute atomic E-state index is 12.0. The molecule has 124 valence electrons. The molecular formula is C14H18N4O4S. The van der Waals surface area contributed by atoms with Crippen LogP contribution >= 0.6 is 0 Å². The molecule has 8 nitrogen and oxygen atoms in total. The fourth-order valence-corrected chi connectivity index (χ4v) is 2.76. The summed E-state index contributed by atoms with van der Waals surface area (Å²) in [6, 6.07) is 6.27. The summed E-state index contributed by atoms with van der Waals surface area (Å²) in [5.41, 5.74) is 0.965. The van der Waals surface area contributed by atoms with Gasteiger partial charge in [0.1, 0.15) is 0 Å². The third kappa shape index (κ3) is 5.13. The average molecular weight is 338 g/mol. The van der Waals surface area contributed by atoms with Crippen molar-refractivity contribution in [2.75, 3.05) is 6.26 Å². The number of aromatic nitrogens is 4. The zero-order valence-electron chi connectivity index (χ0n) is 13.0. The maximum atomic E-state index is 12.0. The van der Waals surface area contributed by atoms with Gasteiger partial charge in [-0.05, 0) is 34.5 Å². The van der Waals surface area contributed by atoms with Crippen molar-refractivity contribution in [3.05, 3.63) is 41.2 Å². The van der Waals surface area contributed by atoms with E-state index in [9.17, 15) is 13.2 Å². The van der Waals surface area contributed by atoms with Gasteiger partial charge in [0.05, 0.1) is 11.3 Å². The molecule has 0 amide bonds. The first-order chi connectivity index (χ1) is 10.9. The van der Waals surface area contributed by atoms with E-state index in [2.05, 4.69) is 15.5 Å². The second-order valence-corrected chi connectivity index (χ2v) is 7.30. The fraction of sp³-hybridized carbons (Fsp3) is 0.429. The van der Waals surface area contributed by atoms with Crippen LogP contribution in [0, 0.1) is 0 Å². The Kier molecular flexibility index (Phi) is 5.43. The number of hydrogen-bond acceptors (Lipinski definition) is 7. The third-order valence-corrected chi connectivity index (χ3v) is 3.85. The van der Waals surface area contributed by atoms with E-state index in [1.54, 1.807) is 16.8 Å². The summed E-state index contributed by atoms with van der Waals surface area (Å²) in [6.07, 6.45) is 2.03. The standard InChI is InChI=1S/C14H18N4O4S/c1-3-8-18-13(15-16-17-18)9-22-14(19)12-6-4-11(5-7-12)10-23(2,20)21/h4-7H,3,8-10H2,1-2H3. The molecule has 1 heterocycles. The maximum Gasteiger partial charge on any atom is 0.338 e. The van der Waals surface area contributed by atoms with Crippen molar-refractivity contribution in [3.8, 4) is 0 Å². The van der Waals surface area contributed by atoms with Crippen LogP contribution in [0.3, 0.4) is 0 Å². The first kappa shape index (κ1) is 17.1. The quantitative estimate of drug-likeness (QED) is 0.693. The second kappa shape index (κ2) is 7.32. The van der Waals surface area contributed by atoms with Crippen LogP contribution in [0.25, 0.3) is 0 Å². The minimum Gasteiger partial charge on any atom is -0.454 e. The minimum absolute atomic E-state index is 0.0169. The molecule has 9 heteroatoms. The molecule has 1 aromatic heterocycles. The number of carbonyl (C=O) groups is 1. The first-order valence-electron chi connectivity index (χ1n) is 7.08. The number of nitrogens with zero attached hydrogens (tertiary/aromatic N) is 4. The summed E-state index contributed by atoms with van der Waals surface area (Å²) in [4.78, 5) is 12.0. The van der Waals surface area contributed by atoms with Gasteiger partial charge >= 0.3 is 5.97 Å². The van der Waals surface area contributed by atoms with Crippen molar-refractivity contribution in [1.82, 2.24) is 20.2 Å². The highest BCUT2D eigenvalue weighted by molar-refractivity contribution is 7.89. The number of ether oxygens (including phenoxy) is 1. The van der Waals surface area contributed by atoms with E-state index in [0.717, 1.165) is 12.7 Å². The van der Waals surface area contributed by atoms with Crippen LogP contribution in [0.4, 0.5) is 0 Å². The lowest BCUT2D eigenvalue weighted by Crippen LogP contribution is -2.11. The minimum atomic E-state index is -3.10. The Bertz CT molecular complexity index is 768. The van der Waals surface area contributed by atoms with Gasteiger partial charge in [0.2, 0.25) is 0 Å². The van der Waals surface area contributed by atoms with Gasteiger partial charge in [0.15, 0.2) is 22.3 Å². The van der Waals surface area contributed by atoms with E-state index in [0.29, 0.717) is 23.5 Å². The third-order valence-electron chi connectivity index (χ3n) is 2.99. The van der Waals surface area contributed by atoms with Gasteiger partial charge in [-0.2, -0.15) is 0 Å². The molecule has 0 bridgehead atoms. The largest absolute Gasteiger partial charge is 0.454 e. The van der Waals surface area contributed by atoms with Gasteiger partial charge in [-0.3, -0.25) is 0 Å². The van der Waals surface area contributed by atoms with Gasteiger partial charge in [0.25, 0.3) is 0 Å². The SMILES string of the molecule is CCCn1nnnc1COC(=O)c1ccc(CS(C)(=O)=O)cc1. The number of benzene rings is 1. The Labute approximate surface area is 134 Å². The zero-order valence-corrected chi connectivity index (χ0v) is 13.8. The normalized spacial score (nSPS) is 11.4. The predicted molar refractivity (Wildman–Crippen MR) is 82.2 cm³/mol. The summed E-state index contributed by atoms with van der Waals surface area (Å²) in [7, 11) is -3.10. The molecule has 2 rings (SSSR count). The highest BCUT2D eigenvalue weighted by atomic mass is 32.2. The van der Waals surface area contributed by atoms with E-state index in [1.165, 1.54) is 12.1 Å². The topological polar surface area (TPSA) is 104 Å². The number of sulfone groups is 1. The van der Waals surface area contributed by atoms with Crippen molar-refractivity contribution in [3.63, 3.8) is 0 Å². The number of tetrazole rings is 1. The summed E-state index contributed by atoms with van der Waals surface area (Å²) >= 11 is 0. The number of carbonyl (C=O) groups excluding carboxylic acids is 1. The molecule has 23 heavy (non-hydrogen) atoms. The predicted octanol–water partition coefficient (Wildman–Crippen LogP) is 0.985. The van der Waals surface area contributed by atoms with Crippen molar-refractivity contribution in [2.45, 2.75) is 32.2 Å². The van der Waals surface area contributed by atoms with E-state index < -0.39 is 15.8 Å². The molecule has 1 aromatic carbocycles. The van der Waals surface area contributed by atoms with Crippen molar-refractivity contribution in [1.29, 1.82) is 0 Å². The monoisotopic (exact) mass is 338 g/mol. The van der Waals surface area contributed by atoms with Gasteiger partial charge in [-0.1, -0.05) is 19.1 Å². The van der Waals surface area contributed by atoms with Crippen molar-refractivity contribution >= 4 is 15.8 Å². The number of aryl methyl sites for hydroxylation is 1. The van der Waals surface area contributed by atoms with Gasteiger partial charge < -0.3 is 4.74 Å². The number of esters is 1. The smallest absolute Gasteiger partial charge is 0.338 e. The van der Waals surface area contributed by atoms with Crippen LogP contribution in [0.5, 0.6) is 0 Å². The molecule has 2 aromatic rings. The van der Waals surface area contributed by atoms with Crippen LogP contribution in [0.1, 0.15) is 35.1 Å².